The lowest BCUT2D eigenvalue weighted by molar-refractivity contribution is -0.132. The lowest BCUT2D eigenvalue weighted by Gasteiger charge is -2.09. The fraction of sp³-hybridized carbons (Fsp3) is 0.222. The number of fused-ring (bicyclic) bond motifs is 1. The zero-order chi connectivity index (χ0) is 18.3. The zero-order valence-electron chi connectivity index (χ0n) is 14.0. The summed E-state index contributed by atoms with van der Waals surface area (Å²) in [6.07, 6.45) is 3.62. The number of rotatable bonds is 4. The maximum absolute atomic E-state index is 13.7. The maximum atomic E-state index is 13.7. The van der Waals surface area contributed by atoms with E-state index in [0.29, 0.717) is 34.4 Å². The Bertz CT molecular complexity index is 1020. The number of aromatic nitrogens is 3. The summed E-state index contributed by atoms with van der Waals surface area (Å²) in [6.45, 7) is 3.53. The second-order valence-electron chi connectivity index (χ2n) is 5.79. The molecule has 25 heavy (non-hydrogen) atoms. The van der Waals surface area contributed by atoms with Crippen molar-refractivity contribution in [3.8, 4) is 5.82 Å². The van der Waals surface area contributed by atoms with E-state index in [9.17, 15) is 18.7 Å². The average molecular weight is 345 g/mol. The van der Waals surface area contributed by atoms with Crippen LogP contribution >= 0.6 is 0 Å². The van der Waals surface area contributed by atoms with Crippen molar-refractivity contribution in [3.63, 3.8) is 0 Å². The topological polar surface area (TPSA) is 60.0 Å². The number of hydrogen-bond acceptors (Lipinski definition) is 2. The summed E-state index contributed by atoms with van der Waals surface area (Å²) in [5.74, 6) is -2.26. The van der Waals surface area contributed by atoms with E-state index < -0.39 is 17.6 Å². The molecular weight excluding hydrogens is 328 g/mol. The standard InChI is InChI=1S/C18H17F2N3O2/c1-4-11(18(24)25)7-13-10(2)21-22(3)17(13)23-6-5-12-8-14(19)15(20)9-16(12)23/h5-9H,4H2,1-3H3,(H,24,25)/b11-7+. The molecule has 3 rings (SSSR count). The van der Waals surface area contributed by atoms with E-state index in [1.807, 2.05) is 0 Å². The molecule has 1 N–H and O–H groups in total. The third kappa shape index (κ3) is 2.82. The first-order chi connectivity index (χ1) is 11.8. The minimum Gasteiger partial charge on any atom is -0.478 e. The largest absolute Gasteiger partial charge is 0.478 e. The highest BCUT2D eigenvalue weighted by atomic mass is 19.2. The van der Waals surface area contributed by atoms with Gasteiger partial charge in [0.2, 0.25) is 0 Å². The molecule has 0 saturated heterocycles. The molecule has 130 valence electrons. The summed E-state index contributed by atoms with van der Waals surface area (Å²) in [7, 11) is 1.72. The van der Waals surface area contributed by atoms with E-state index in [1.165, 1.54) is 0 Å². The van der Waals surface area contributed by atoms with Crippen LogP contribution in [0, 0.1) is 18.6 Å². The molecule has 2 aromatic heterocycles. The van der Waals surface area contributed by atoms with Gasteiger partial charge in [0, 0.05) is 35.8 Å². The van der Waals surface area contributed by atoms with Crippen LogP contribution in [0.2, 0.25) is 0 Å². The van der Waals surface area contributed by atoms with Crippen LogP contribution in [0.1, 0.15) is 24.6 Å². The van der Waals surface area contributed by atoms with Gasteiger partial charge in [-0.05, 0) is 31.6 Å². The van der Waals surface area contributed by atoms with Crippen LogP contribution in [0.4, 0.5) is 8.78 Å². The Morgan fingerprint density at radius 3 is 2.64 bits per heavy atom. The Morgan fingerprint density at radius 2 is 2.00 bits per heavy atom. The van der Waals surface area contributed by atoms with Gasteiger partial charge >= 0.3 is 5.97 Å². The zero-order valence-corrected chi connectivity index (χ0v) is 14.0. The van der Waals surface area contributed by atoms with E-state index in [-0.39, 0.29) is 5.57 Å². The monoisotopic (exact) mass is 345 g/mol. The Hall–Kier alpha value is -2.96. The average Bonchev–Trinajstić information content (AvgIpc) is 3.05. The van der Waals surface area contributed by atoms with Crippen LogP contribution in [-0.4, -0.2) is 25.4 Å². The van der Waals surface area contributed by atoms with Gasteiger partial charge in [-0.1, -0.05) is 6.92 Å². The van der Waals surface area contributed by atoms with Crippen LogP contribution in [-0.2, 0) is 11.8 Å². The van der Waals surface area contributed by atoms with Gasteiger partial charge in [-0.25, -0.2) is 13.6 Å². The van der Waals surface area contributed by atoms with E-state index in [1.54, 1.807) is 48.5 Å². The minimum absolute atomic E-state index is 0.242. The van der Waals surface area contributed by atoms with Gasteiger partial charge in [-0.3, -0.25) is 4.68 Å². The van der Waals surface area contributed by atoms with Crippen LogP contribution < -0.4 is 0 Å². The first-order valence-corrected chi connectivity index (χ1v) is 7.77. The van der Waals surface area contributed by atoms with E-state index >= 15 is 0 Å². The number of aryl methyl sites for hydroxylation is 2. The van der Waals surface area contributed by atoms with Crippen LogP contribution in [0.3, 0.4) is 0 Å². The van der Waals surface area contributed by atoms with Crippen molar-refractivity contribution in [3.05, 3.63) is 52.9 Å². The Kier molecular flexibility index (Phi) is 4.16. The number of nitrogens with zero attached hydrogens (tertiary/aromatic N) is 3. The Balaban J connectivity index is 2.29. The third-order valence-corrected chi connectivity index (χ3v) is 4.17. The second kappa shape index (κ2) is 6.16. The van der Waals surface area contributed by atoms with Gasteiger partial charge in [0.15, 0.2) is 11.6 Å². The van der Waals surface area contributed by atoms with Gasteiger partial charge in [0.1, 0.15) is 5.82 Å². The molecule has 0 aliphatic rings. The summed E-state index contributed by atoms with van der Waals surface area (Å²) < 4.78 is 30.4. The smallest absolute Gasteiger partial charge is 0.331 e. The summed E-state index contributed by atoms with van der Waals surface area (Å²) in [6, 6.07) is 3.93. The number of carboxylic acids is 1. The van der Waals surface area contributed by atoms with Crippen molar-refractivity contribution in [1.29, 1.82) is 0 Å². The first-order valence-electron chi connectivity index (χ1n) is 7.77. The fourth-order valence-electron chi connectivity index (χ4n) is 2.92. The van der Waals surface area contributed by atoms with E-state index in [0.717, 1.165) is 12.1 Å². The van der Waals surface area contributed by atoms with Crippen molar-refractivity contribution in [2.24, 2.45) is 7.05 Å². The predicted octanol–water partition coefficient (Wildman–Crippen LogP) is 3.83. The molecule has 0 atom stereocenters. The maximum Gasteiger partial charge on any atom is 0.331 e. The van der Waals surface area contributed by atoms with Crippen molar-refractivity contribution in [1.82, 2.24) is 14.3 Å². The number of hydrogen-bond donors (Lipinski definition) is 1. The van der Waals surface area contributed by atoms with Crippen molar-refractivity contribution < 1.29 is 18.7 Å². The van der Waals surface area contributed by atoms with Gasteiger partial charge in [0.25, 0.3) is 0 Å². The lowest BCUT2D eigenvalue weighted by Crippen LogP contribution is -2.04. The molecule has 0 saturated carbocycles. The predicted molar refractivity (Wildman–Crippen MR) is 90.6 cm³/mol. The normalized spacial score (nSPS) is 12.1. The highest BCUT2D eigenvalue weighted by Gasteiger charge is 2.18. The summed E-state index contributed by atoms with van der Waals surface area (Å²) in [4.78, 5) is 11.4. The van der Waals surface area contributed by atoms with Gasteiger partial charge in [-0.15, -0.1) is 0 Å². The molecule has 0 aliphatic carbocycles. The van der Waals surface area contributed by atoms with Crippen LogP contribution in [0.5, 0.6) is 0 Å². The van der Waals surface area contributed by atoms with Crippen molar-refractivity contribution in [2.75, 3.05) is 0 Å². The van der Waals surface area contributed by atoms with Crippen LogP contribution in [0.25, 0.3) is 22.8 Å². The Morgan fingerprint density at radius 1 is 1.32 bits per heavy atom. The molecule has 5 nitrogen and oxygen atoms in total. The molecule has 0 amide bonds. The summed E-state index contributed by atoms with van der Waals surface area (Å²) in [5.41, 5.74) is 1.99. The molecule has 0 fully saturated rings. The first kappa shape index (κ1) is 16.9. The van der Waals surface area contributed by atoms with Gasteiger partial charge in [0.05, 0.1) is 11.2 Å². The number of carbonyl (C=O) groups is 1. The molecule has 3 aromatic rings. The summed E-state index contributed by atoms with van der Waals surface area (Å²) in [5, 5.41) is 14.2. The number of benzene rings is 1. The van der Waals surface area contributed by atoms with Crippen molar-refractivity contribution >= 4 is 22.9 Å². The van der Waals surface area contributed by atoms with E-state index in [2.05, 4.69) is 5.10 Å². The lowest BCUT2D eigenvalue weighted by atomic mass is 10.1. The van der Waals surface area contributed by atoms with Gasteiger partial charge < -0.3 is 9.67 Å². The number of carboxylic acid groups (broad SMARTS) is 1. The molecule has 0 radical (unpaired) electrons. The minimum atomic E-state index is -0.998. The molecule has 0 aliphatic heterocycles. The highest BCUT2D eigenvalue weighted by molar-refractivity contribution is 5.93. The molecular formula is C18H17F2N3O2. The van der Waals surface area contributed by atoms with E-state index in [4.69, 9.17) is 0 Å². The fourth-order valence-corrected chi connectivity index (χ4v) is 2.92. The molecule has 0 spiro atoms. The molecule has 7 heteroatoms. The van der Waals surface area contributed by atoms with Gasteiger partial charge in [-0.2, -0.15) is 5.10 Å². The van der Waals surface area contributed by atoms with Crippen molar-refractivity contribution in [2.45, 2.75) is 20.3 Å². The number of aliphatic carboxylic acids is 1. The highest BCUT2D eigenvalue weighted by Crippen LogP contribution is 2.28. The second-order valence-corrected chi connectivity index (χ2v) is 5.79. The quantitative estimate of drug-likeness (QED) is 0.731. The molecule has 0 bridgehead atoms. The summed E-state index contributed by atoms with van der Waals surface area (Å²) >= 11 is 0. The molecule has 1 aromatic carbocycles. The Labute approximate surface area is 142 Å². The molecule has 0 unspecified atom stereocenters. The van der Waals surface area contributed by atoms with Crippen LogP contribution in [0.15, 0.2) is 30.0 Å². The third-order valence-electron chi connectivity index (χ3n) is 4.17. The SMILES string of the molecule is CC/C(=C\c1c(C)nn(C)c1-n1ccc2cc(F)c(F)cc21)C(=O)O. The number of halogens is 2. The molecule has 2 heterocycles.